The minimum absolute atomic E-state index is 0.109. The van der Waals surface area contributed by atoms with Crippen molar-refractivity contribution in [3.05, 3.63) is 46.1 Å². The largest absolute Gasteiger partial charge is 0.378 e. The number of anilines is 2. The Labute approximate surface area is 135 Å². The number of nitrogens with zero attached hydrogens (tertiary/aromatic N) is 3. The van der Waals surface area contributed by atoms with Gasteiger partial charge < -0.3 is 9.64 Å². The van der Waals surface area contributed by atoms with Crippen LogP contribution in [0.1, 0.15) is 10.4 Å². The van der Waals surface area contributed by atoms with Gasteiger partial charge in [0.1, 0.15) is 6.20 Å². The van der Waals surface area contributed by atoms with Crippen molar-refractivity contribution in [1.82, 2.24) is 4.98 Å². The van der Waals surface area contributed by atoms with Crippen LogP contribution in [0, 0.1) is 10.1 Å². The summed E-state index contributed by atoms with van der Waals surface area (Å²) in [5.41, 5.74) is 1.33. The third kappa shape index (κ3) is 3.46. The average Bonchev–Trinajstić information content (AvgIpc) is 3.04. The number of para-hydroxylation sites is 1. The highest BCUT2D eigenvalue weighted by Crippen LogP contribution is 2.27. The van der Waals surface area contributed by atoms with Crippen molar-refractivity contribution in [2.75, 3.05) is 36.5 Å². The smallest absolute Gasteiger partial charge is 0.345 e. The second-order valence-corrected chi connectivity index (χ2v) is 5.84. The molecular weight excluding hydrogens is 320 g/mol. The van der Waals surface area contributed by atoms with E-state index in [0.29, 0.717) is 31.9 Å². The molecule has 120 valence electrons. The monoisotopic (exact) mass is 334 g/mol. The van der Waals surface area contributed by atoms with Gasteiger partial charge in [0.25, 0.3) is 5.91 Å². The molecule has 1 aliphatic rings. The summed E-state index contributed by atoms with van der Waals surface area (Å²) >= 11 is 0.830. The Morgan fingerprint density at radius 2 is 2.09 bits per heavy atom. The Balaban J connectivity index is 1.80. The molecule has 1 aromatic heterocycles. The number of hydrogen-bond acceptors (Lipinski definition) is 7. The van der Waals surface area contributed by atoms with Crippen LogP contribution in [-0.2, 0) is 4.74 Å². The molecule has 1 aliphatic heterocycles. The number of amides is 1. The molecule has 0 spiro atoms. The van der Waals surface area contributed by atoms with Gasteiger partial charge in [0.2, 0.25) is 0 Å². The number of nitrogens with one attached hydrogen (secondary N) is 1. The van der Waals surface area contributed by atoms with E-state index in [-0.39, 0.29) is 16.0 Å². The van der Waals surface area contributed by atoms with Crippen LogP contribution in [0.5, 0.6) is 0 Å². The average molecular weight is 334 g/mol. The van der Waals surface area contributed by atoms with E-state index in [1.807, 2.05) is 12.1 Å². The second-order valence-electron chi connectivity index (χ2n) is 4.83. The van der Waals surface area contributed by atoms with E-state index >= 15 is 0 Å². The van der Waals surface area contributed by atoms with Crippen LogP contribution in [0.4, 0.5) is 15.8 Å². The Morgan fingerprint density at radius 1 is 1.35 bits per heavy atom. The molecule has 0 radical (unpaired) electrons. The number of morpholine rings is 1. The lowest BCUT2D eigenvalue weighted by Gasteiger charge is -2.30. The highest BCUT2D eigenvalue weighted by molar-refractivity contribution is 7.18. The number of carbonyl (C=O) groups excluding carboxylic acids is 1. The Hall–Kier alpha value is -2.52. The number of benzene rings is 1. The SMILES string of the molecule is O=C(Nc1ncc([N+](=O)[O-])s1)c1ccccc1N1CCOCC1. The lowest BCUT2D eigenvalue weighted by Crippen LogP contribution is -2.37. The van der Waals surface area contributed by atoms with Gasteiger partial charge in [-0.05, 0) is 23.5 Å². The lowest BCUT2D eigenvalue weighted by molar-refractivity contribution is -0.380. The Bertz CT molecular complexity index is 727. The molecule has 9 heteroatoms. The van der Waals surface area contributed by atoms with Gasteiger partial charge in [0.05, 0.1) is 23.7 Å². The fraction of sp³-hybridized carbons (Fsp3) is 0.286. The number of thiazole rings is 1. The van der Waals surface area contributed by atoms with Crippen molar-refractivity contribution < 1.29 is 14.5 Å². The van der Waals surface area contributed by atoms with E-state index in [9.17, 15) is 14.9 Å². The van der Waals surface area contributed by atoms with Crippen LogP contribution < -0.4 is 10.2 Å². The summed E-state index contributed by atoms with van der Waals surface area (Å²) in [4.78, 5) is 28.6. The van der Waals surface area contributed by atoms with Crippen LogP contribution >= 0.6 is 11.3 Å². The quantitative estimate of drug-likeness (QED) is 0.679. The summed E-state index contributed by atoms with van der Waals surface area (Å²) in [6.07, 6.45) is 1.13. The van der Waals surface area contributed by atoms with Crippen molar-refractivity contribution in [3.63, 3.8) is 0 Å². The van der Waals surface area contributed by atoms with E-state index in [1.54, 1.807) is 12.1 Å². The number of carbonyl (C=O) groups is 1. The topological polar surface area (TPSA) is 97.6 Å². The first-order chi connectivity index (χ1) is 11.1. The molecule has 2 aromatic rings. The van der Waals surface area contributed by atoms with Gasteiger partial charge in [-0.25, -0.2) is 4.98 Å². The molecule has 1 N–H and O–H groups in total. The zero-order valence-corrected chi connectivity index (χ0v) is 12.9. The van der Waals surface area contributed by atoms with Crippen LogP contribution in [-0.4, -0.2) is 42.1 Å². The number of rotatable bonds is 4. The van der Waals surface area contributed by atoms with Gasteiger partial charge in [0, 0.05) is 18.8 Å². The van der Waals surface area contributed by atoms with Crippen LogP contribution in [0.3, 0.4) is 0 Å². The highest BCUT2D eigenvalue weighted by Gasteiger charge is 2.20. The third-order valence-corrected chi connectivity index (χ3v) is 4.26. The van der Waals surface area contributed by atoms with Gasteiger partial charge in [-0.15, -0.1) is 0 Å². The molecule has 1 saturated heterocycles. The van der Waals surface area contributed by atoms with Gasteiger partial charge in [0.15, 0.2) is 5.13 Å². The number of nitro groups is 1. The predicted molar refractivity (Wildman–Crippen MR) is 86.2 cm³/mol. The number of aromatic nitrogens is 1. The first-order valence-electron chi connectivity index (χ1n) is 6.98. The summed E-state index contributed by atoms with van der Waals surface area (Å²) in [7, 11) is 0. The molecular formula is C14H14N4O4S. The Morgan fingerprint density at radius 3 is 2.78 bits per heavy atom. The summed E-state index contributed by atoms with van der Waals surface area (Å²) in [5.74, 6) is -0.337. The van der Waals surface area contributed by atoms with Crippen molar-refractivity contribution in [2.45, 2.75) is 0 Å². The first kappa shape index (κ1) is 15.4. The minimum Gasteiger partial charge on any atom is -0.378 e. The first-order valence-corrected chi connectivity index (χ1v) is 7.80. The molecule has 8 nitrogen and oxygen atoms in total. The zero-order chi connectivity index (χ0) is 16.2. The predicted octanol–water partition coefficient (Wildman–Crippen LogP) is 2.14. The molecule has 1 aromatic carbocycles. The van der Waals surface area contributed by atoms with E-state index < -0.39 is 4.92 Å². The second kappa shape index (κ2) is 6.71. The van der Waals surface area contributed by atoms with Crippen molar-refractivity contribution in [2.24, 2.45) is 0 Å². The van der Waals surface area contributed by atoms with Gasteiger partial charge in [-0.1, -0.05) is 12.1 Å². The fourth-order valence-electron chi connectivity index (χ4n) is 2.32. The summed E-state index contributed by atoms with van der Waals surface area (Å²) in [5, 5.41) is 13.4. The zero-order valence-electron chi connectivity index (χ0n) is 12.1. The number of ether oxygens (including phenoxy) is 1. The van der Waals surface area contributed by atoms with E-state index in [2.05, 4.69) is 15.2 Å². The minimum atomic E-state index is -0.533. The number of hydrogen-bond donors (Lipinski definition) is 1. The molecule has 1 fully saturated rings. The fourth-order valence-corrected chi connectivity index (χ4v) is 2.95. The van der Waals surface area contributed by atoms with E-state index in [1.165, 1.54) is 0 Å². The van der Waals surface area contributed by atoms with Gasteiger partial charge in [-0.3, -0.25) is 20.2 Å². The Kier molecular flexibility index (Phi) is 4.49. The molecule has 2 heterocycles. The van der Waals surface area contributed by atoms with Crippen LogP contribution in [0.25, 0.3) is 0 Å². The molecule has 0 saturated carbocycles. The molecule has 23 heavy (non-hydrogen) atoms. The van der Waals surface area contributed by atoms with Crippen molar-refractivity contribution in [1.29, 1.82) is 0 Å². The summed E-state index contributed by atoms with van der Waals surface area (Å²) < 4.78 is 5.33. The summed E-state index contributed by atoms with van der Waals surface area (Å²) in [6.45, 7) is 2.67. The standard InChI is InChI=1S/C14H14N4O4S/c19-13(16-14-15-9-12(23-14)18(20)21)10-3-1-2-4-11(10)17-5-7-22-8-6-17/h1-4,9H,5-8H2,(H,15,16,19). The molecule has 0 atom stereocenters. The van der Waals surface area contributed by atoms with E-state index in [4.69, 9.17) is 4.74 Å². The maximum absolute atomic E-state index is 12.5. The highest BCUT2D eigenvalue weighted by atomic mass is 32.1. The van der Waals surface area contributed by atoms with E-state index in [0.717, 1.165) is 23.2 Å². The molecule has 1 amide bonds. The molecule has 3 rings (SSSR count). The molecule has 0 unspecified atom stereocenters. The van der Waals surface area contributed by atoms with Gasteiger partial charge in [-0.2, -0.15) is 0 Å². The van der Waals surface area contributed by atoms with Crippen molar-refractivity contribution >= 4 is 33.1 Å². The normalized spacial score (nSPS) is 14.5. The van der Waals surface area contributed by atoms with Crippen LogP contribution in [0.15, 0.2) is 30.5 Å². The molecule has 0 aliphatic carbocycles. The lowest BCUT2D eigenvalue weighted by atomic mass is 10.1. The maximum Gasteiger partial charge on any atom is 0.345 e. The third-order valence-electron chi connectivity index (χ3n) is 3.39. The van der Waals surface area contributed by atoms with Gasteiger partial charge >= 0.3 is 5.00 Å². The van der Waals surface area contributed by atoms with Crippen LogP contribution in [0.2, 0.25) is 0 Å². The summed E-state index contributed by atoms with van der Waals surface area (Å²) in [6, 6.07) is 7.26. The molecule has 0 bridgehead atoms. The van der Waals surface area contributed by atoms with Crippen molar-refractivity contribution in [3.8, 4) is 0 Å². The maximum atomic E-state index is 12.5.